The Kier molecular flexibility index (Phi) is 5.16. The van der Waals surface area contributed by atoms with Gasteiger partial charge >= 0.3 is 6.09 Å². The van der Waals surface area contributed by atoms with Crippen LogP contribution in [0.25, 0.3) is 0 Å². The number of benzene rings is 1. The van der Waals surface area contributed by atoms with Crippen molar-refractivity contribution in [1.29, 1.82) is 0 Å². The molecule has 1 atom stereocenters. The van der Waals surface area contributed by atoms with Crippen LogP contribution in [0.4, 0.5) is 10.5 Å². The van der Waals surface area contributed by atoms with Gasteiger partial charge in [-0.2, -0.15) is 0 Å². The lowest BCUT2D eigenvalue weighted by Crippen LogP contribution is -2.63. The van der Waals surface area contributed by atoms with E-state index in [0.717, 1.165) is 31.5 Å². The summed E-state index contributed by atoms with van der Waals surface area (Å²) in [6, 6.07) is 10.2. The zero-order chi connectivity index (χ0) is 24.5. The quantitative estimate of drug-likeness (QED) is 0.683. The van der Waals surface area contributed by atoms with Gasteiger partial charge in [0.25, 0.3) is 0 Å². The minimum absolute atomic E-state index is 0.198. The normalized spacial score (nSPS) is 24.5. The molecular weight excluding hydrogens is 426 g/mol. The van der Waals surface area contributed by atoms with Crippen LogP contribution in [0.3, 0.4) is 0 Å². The van der Waals surface area contributed by atoms with Crippen molar-refractivity contribution in [2.24, 2.45) is 10.8 Å². The summed E-state index contributed by atoms with van der Waals surface area (Å²) in [5, 5.41) is 12.4. The number of pyridine rings is 1. The number of rotatable bonds is 5. The maximum absolute atomic E-state index is 12.8. The van der Waals surface area contributed by atoms with Crippen LogP contribution in [0.15, 0.2) is 42.7 Å². The minimum atomic E-state index is -1.24. The van der Waals surface area contributed by atoms with Crippen LogP contribution in [0.1, 0.15) is 70.1 Å². The Morgan fingerprint density at radius 3 is 2.24 bits per heavy atom. The highest BCUT2D eigenvalue weighted by atomic mass is 16.6. The molecule has 1 aromatic heterocycles. The molecule has 3 aliphatic rings. The van der Waals surface area contributed by atoms with E-state index in [9.17, 15) is 9.90 Å². The molecule has 182 valence electrons. The maximum atomic E-state index is 12.8. The molecule has 6 nitrogen and oxygen atoms in total. The second-order valence-electron chi connectivity index (χ2n) is 12.3. The molecule has 3 heterocycles. The molecule has 3 fully saturated rings. The van der Waals surface area contributed by atoms with Gasteiger partial charge in [-0.05, 0) is 48.4 Å². The molecule has 1 amide bonds. The number of aliphatic hydroxyl groups is 1. The Hall–Kier alpha value is -2.44. The Bertz CT molecular complexity index is 1100. The number of hydrogen-bond donors (Lipinski definition) is 1. The van der Waals surface area contributed by atoms with Crippen LogP contribution < -0.4 is 4.90 Å². The van der Waals surface area contributed by atoms with Crippen molar-refractivity contribution in [1.82, 2.24) is 9.88 Å². The molecule has 1 aromatic carbocycles. The molecule has 34 heavy (non-hydrogen) atoms. The second kappa shape index (κ2) is 7.53. The van der Waals surface area contributed by atoms with Crippen LogP contribution in [0, 0.1) is 10.8 Å². The van der Waals surface area contributed by atoms with Gasteiger partial charge in [-0.3, -0.25) is 9.88 Å². The van der Waals surface area contributed by atoms with Gasteiger partial charge in [0.15, 0.2) is 0 Å². The Labute approximate surface area is 202 Å². The third kappa shape index (κ3) is 3.54. The van der Waals surface area contributed by atoms with Gasteiger partial charge in [-0.1, -0.05) is 58.9 Å². The summed E-state index contributed by atoms with van der Waals surface area (Å²) in [5.41, 5.74) is 1.66. The second-order valence-corrected chi connectivity index (χ2v) is 12.3. The summed E-state index contributed by atoms with van der Waals surface area (Å²) in [6.07, 6.45) is 4.85. The van der Waals surface area contributed by atoms with Crippen LogP contribution in [0.2, 0.25) is 0 Å². The zero-order valence-corrected chi connectivity index (χ0v) is 21.3. The molecule has 0 unspecified atom stereocenters. The van der Waals surface area contributed by atoms with Crippen molar-refractivity contribution in [2.75, 3.05) is 31.6 Å². The Morgan fingerprint density at radius 2 is 1.68 bits per heavy atom. The SMILES string of the molecule is CC(C)c1ccc([C@](O)(c2cncc(N3CC4(CC(C)(C)C4)OC3=O)c2)C2(C)CN(C)C2)cc1. The number of aromatic nitrogens is 1. The maximum Gasteiger partial charge on any atom is 0.415 e. The van der Waals surface area contributed by atoms with E-state index < -0.39 is 11.2 Å². The lowest BCUT2D eigenvalue weighted by molar-refractivity contribution is -0.127. The van der Waals surface area contributed by atoms with E-state index in [0.29, 0.717) is 23.7 Å². The number of carbonyl (C=O) groups excluding carboxylic acids is 1. The number of amides is 1. The van der Waals surface area contributed by atoms with Gasteiger partial charge < -0.3 is 14.7 Å². The first-order chi connectivity index (χ1) is 15.9. The first-order valence-electron chi connectivity index (χ1n) is 12.3. The van der Waals surface area contributed by atoms with Gasteiger partial charge in [0.1, 0.15) is 11.2 Å². The zero-order valence-electron chi connectivity index (χ0n) is 21.3. The van der Waals surface area contributed by atoms with Crippen LogP contribution in [-0.4, -0.2) is 53.4 Å². The van der Waals surface area contributed by atoms with E-state index in [4.69, 9.17) is 4.74 Å². The number of likely N-dealkylation sites (tertiary alicyclic amines) is 1. The molecule has 2 aromatic rings. The Balaban J connectivity index is 1.52. The summed E-state index contributed by atoms with van der Waals surface area (Å²) in [6.45, 7) is 12.9. The lowest BCUT2D eigenvalue weighted by Gasteiger charge is -2.56. The summed E-state index contributed by atoms with van der Waals surface area (Å²) in [5.74, 6) is 0.419. The topological polar surface area (TPSA) is 65.9 Å². The van der Waals surface area contributed by atoms with Crippen molar-refractivity contribution in [2.45, 2.75) is 64.6 Å². The van der Waals surface area contributed by atoms with E-state index in [2.05, 4.69) is 63.7 Å². The number of anilines is 1. The van der Waals surface area contributed by atoms with Gasteiger partial charge in [0.05, 0.1) is 18.4 Å². The van der Waals surface area contributed by atoms with E-state index in [-0.39, 0.29) is 16.9 Å². The fourth-order valence-electron chi connectivity index (χ4n) is 6.82. The fraction of sp³-hybridized carbons (Fsp3) is 0.571. The highest BCUT2D eigenvalue weighted by molar-refractivity contribution is 5.90. The smallest absolute Gasteiger partial charge is 0.415 e. The summed E-state index contributed by atoms with van der Waals surface area (Å²) >= 11 is 0. The number of carbonyl (C=O) groups is 1. The average Bonchev–Trinajstić information content (AvgIpc) is 3.07. The third-order valence-electron chi connectivity index (χ3n) is 8.13. The average molecular weight is 464 g/mol. The van der Waals surface area contributed by atoms with Crippen molar-refractivity contribution < 1.29 is 14.6 Å². The highest BCUT2D eigenvalue weighted by Gasteiger charge is 2.58. The van der Waals surface area contributed by atoms with E-state index in [1.54, 1.807) is 17.3 Å². The summed E-state index contributed by atoms with van der Waals surface area (Å²) < 4.78 is 5.84. The first kappa shape index (κ1) is 23.3. The number of hydrogen-bond acceptors (Lipinski definition) is 5. The summed E-state index contributed by atoms with van der Waals surface area (Å²) in [4.78, 5) is 21.2. The predicted molar refractivity (Wildman–Crippen MR) is 133 cm³/mol. The molecule has 0 bridgehead atoms. The fourth-order valence-corrected chi connectivity index (χ4v) is 6.82. The van der Waals surface area contributed by atoms with Crippen LogP contribution in [0.5, 0.6) is 0 Å². The van der Waals surface area contributed by atoms with Crippen molar-refractivity contribution in [3.63, 3.8) is 0 Å². The standard InChI is InChI=1S/C28H37N3O3/c1-19(2)20-7-9-21(10-8-20)28(33,26(5)16-30(6)17-26)22-11-23(13-29-12-22)31-18-27(34-24(31)32)14-25(3,4)15-27/h7-13,19,33H,14-18H2,1-6H3/t28-/m0/s1. The van der Waals surface area contributed by atoms with Gasteiger partial charge in [-0.15, -0.1) is 0 Å². The number of ether oxygens (including phenoxy) is 1. The molecule has 1 spiro atoms. The largest absolute Gasteiger partial charge is 0.441 e. The third-order valence-corrected chi connectivity index (χ3v) is 8.13. The Morgan fingerprint density at radius 1 is 1.03 bits per heavy atom. The first-order valence-corrected chi connectivity index (χ1v) is 12.3. The van der Waals surface area contributed by atoms with Crippen LogP contribution in [-0.2, 0) is 10.3 Å². The van der Waals surface area contributed by atoms with Gasteiger partial charge in [0.2, 0.25) is 0 Å². The van der Waals surface area contributed by atoms with Gasteiger partial charge in [-0.25, -0.2) is 4.79 Å². The van der Waals surface area contributed by atoms with Crippen molar-refractivity contribution >= 4 is 11.8 Å². The monoisotopic (exact) mass is 463 g/mol. The molecule has 2 aliphatic heterocycles. The minimum Gasteiger partial charge on any atom is -0.441 e. The summed E-state index contributed by atoms with van der Waals surface area (Å²) in [7, 11) is 2.07. The molecule has 2 saturated heterocycles. The predicted octanol–water partition coefficient (Wildman–Crippen LogP) is 4.91. The molecule has 1 saturated carbocycles. The number of nitrogens with zero attached hydrogens (tertiary/aromatic N) is 3. The van der Waals surface area contributed by atoms with Crippen molar-refractivity contribution in [3.05, 3.63) is 59.4 Å². The van der Waals surface area contributed by atoms with Crippen molar-refractivity contribution in [3.8, 4) is 0 Å². The molecule has 6 heteroatoms. The van der Waals surface area contributed by atoms with Crippen LogP contribution >= 0.6 is 0 Å². The van der Waals surface area contributed by atoms with E-state index >= 15 is 0 Å². The molecule has 1 aliphatic carbocycles. The molecule has 1 N–H and O–H groups in total. The molecular formula is C28H37N3O3. The van der Waals surface area contributed by atoms with Gasteiger partial charge in [0, 0.05) is 30.3 Å². The molecule has 5 rings (SSSR count). The highest BCUT2D eigenvalue weighted by Crippen LogP contribution is 2.54. The lowest BCUT2D eigenvalue weighted by atomic mass is 9.61. The molecule has 0 radical (unpaired) electrons. The van der Waals surface area contributed by atoms with E-state index in [1.165, 1.54) is 5.56 Å². The van der Waals surface area contributed by atoms with E-state index in [1.807, 2.05) is 18.2 Å².